The number of nitrogens with zero attached hydrogens (tertiary/aromatic N) is 4. The zero-order valence-corrected chi connectivity index (χ0v) is 17.1. The molecule has 0 amide bonds. The molecule has 0 N–H and O–H groups in total. The lowest BCUT2D eigenvalue weighted by Crippen LogP contribution is -1.84. The van der Waals surface area contributed by atoms with Gasteiger partial charge < -0.3 is 4.74 Å². The summed E-state index contributed by atoms with van der Waals surface area (Å²) in [5.74, 6) is 0.763. The second kappa shape index (κ2) is 7.50. The molecular formula is C4H6N4OS10. The van der Waals surface area contributed by atoms with Gasteiger partial charge in [0.05, 0.1) is 10.8 Å². The predicted molar refractivity (Wildman–Crippen MR) is 108 cm³/mol. The summed E-state index contributed by atoms with van der Waals surface area (Å²) < 4.78 is 13.8. The van der Waals surface area contributed by atoms with E-state index < -0.39 is 16.6 Å². The van der Waals surface area contributed by atoms with Crippen LogP contribution in [0.1, 0.15) is 0 Å². The van der Waals surface area contributed by atoms with Gasteiger partial charge in [0.1, 0.15) is 0 Å². The zero-order valence-electron chi connectivity index (χ0n) is 8.59. The Labute approximate surface area is 147 Å². The van der Waals surface area contributed by atoms with Crippen LogP contribution >= 0.6 is 103 Å². The average Bonchev–Trinajstić information content (AvgIpc) is 3.05. The van der Waals surface area contributed by atoms with Crippen LogP contribution in [0.15, 0.2) is 41.8 Å². The Bertz CT molecular complexity index is 424. The van der Waals surface area contributed by atoms with Gasteiger partial charge in [0.15, 0.2) is 0 Å². The largest absolute Gasteiger partial charge is 0.416 e. The Kier molecular flexibility index (Phi) is 6.84. The van der Waals surface area contributed by atoms with Crippen molar-refractivity contribution in [2.75, 3.05) is 0 Å². The molecule has 108 valence electrons. The lowest BCUT2D eigenvalue weighted by Gasteiger charge is -2.18. The molecule has 2 heterocycles. The predicted octanol–water partition coefficient (Wildman–Crippen LogP) is 6.94. The van der Waals surface area contributed by atoms with E-state index in [1.807, 2.05) is 0 Å². The van der Waals surface area contributed by atoms with E-state index in [4.69, 9.17) is 4.74 Å². The van der Waals surface area contributed by atoms with Crippen LogP contribution in [-0.4, -0.2) is 0 Å². The van der Waals surface area contributed by atoms with Crippen molar-refractivity contribution < 1.29 is 4.74 Å². The van der Waals surface area contributed by atoms with E-state index in [0.29, 0.717) is 11.8 Å². The van der Waals surface area contributed by atoms with Crippen LogP contribution in [0.2, 0.25) is 0 Å². The summed E-state index contributed by atoms with van der Waals surface area (Å²) >= 11 is 16.7. The summed E-state index contributed by atoms with van der Waals surface area (Å²) in [6, 6.07) is 0. The first kappa shape index (κ1) is 17.3. The monoisotopic (exact) mass is 446 g/mol. The van der Waals surface area contributed by atoms with E-state index in [2.05, 4.69) is 65.9 Å². The maximum Gasteiger partial charge on any atom is 0.249 e. The average molecular weight is 447 g/mol. The maximum absolute atomic E-state index is 5.54. The van der Waals surface area contributed by atoms with E-state index in [-0.39, 0.29) is 0 Å². The first-order valence-corrected chi connectivity index (χ1v) is 16.9. The summed E-state index contributed by atoms with van der Waals surface area (Å²) in [4.78, 5) is 0. The first-order valence-electron chi connectivity index (χ1n) is 4.07. The quantitative estimate of drug-likeness (QED) is 0.263. The molecule has 2 rings (SSSR count). The minimum atomic E-state index is -1.57. The smallest absolute Gasteiger partial charge is 0.249 e. The van der Waals surface area contributed by atoms with Crippen molar-refractivity contribution in [3.05, 3.63) is 22.6 Å². The third-order valence-corrected chi connectivity index (χ3v) is 22.9. The summed E-state index contributed by atoms with van der Waals surface area (Å²) in [5.41, 5.74) is 0. The molecule has 0 aromatic rings. The van der Waals surface area contributed by atoms with Crippen LogP contribution in [-0.2, 0) is 4.74 Å². The fraction of sp³-hybridized carbons (Fsp3) is 0. The van der Waals surface area contributed by atoms with Crippen molar-refractivity contribution in [1.29, 1.82) is 0 Å². The number of ether oxygens (including phenoxy) is 1. The molecule has 0 fully saturated rings. The molecule has 0 radical (unpaired) electrons. The molecule has 0 bridgehead atoms. The van der Waals surface area contributed by atoms with E-state index in [9.17, 15) is 0 Å². The molecule has 0 saturated carbocycles. The van der Waals surface area contributed by atoms with Gasteiger partial charge in [0, 0.05) is 16.6 Å². The zero-order chi connectivity index (χ0) is 13.9. The molecule has 0 aromatic carbocycles. The summed E-state index contributed by atoms with van der Waals surface area (Å²) in [6.45, 7) is 0. The normalized spacial score (nSPS) is 25.9. The van der Waals surface area contributed by atoms with Crippen LogP contribution in [0.4, 0.5) is 0 Å². The van der Waals surface area contributed by atoms with Gasteiger partial charge in [-0.1, -0.05) is 46.6 Å². The molecule has 5 nitrogen and oxygen atoms in total. The number of rotatable bonds is 6. The van der Waals surface area contributed by atoms with Gasteiger partial charge in [-0.3, -0.25) is 0 Å². The SMILES string of the molecule is SSS1(SS)C=C(OC2=CS(SS)(SS)N=N2)N=N1. The molecule has 0 aromatic heterocycles. The van der Waals surface area contributed by atoms with Gasteiger partial charge in [-0.2, -0.15) is 0 Å². The second-order valence-corrected chi connectivity index (χ2v) is 20.7. The lowest BCUT2D eigenvalue weighted by molar-refractivity contribution is 0.297. The highest BCUT2D eigenvalue weighted by molar-refractivity contribution is 9.45. The Morgan fingerprint density at radius 2 is 1.16 bits per heavy atom. The fourth-order valence-corrected chi connectivity index (χ4v) is 13.9. The van der Waals surface area contributed by atoms with E-state index in [1.165, 1.54) is 39.3 Å². The number of hydrogen-bond acceptors (Lipinski definition) is 13. The molecule has 0 atom stereocenters. The summed E-state index contributed by atoms with van der Waals surface area (Å²) in [5, 5.41) is 11.5. The van der Waals surface area contributed by atoms with Crippen molar-refractivity contribution in [3.8, 4) is 0 Å². The first-order chi connectivity index (χ1) is 9.11. The topological polar surface area (TPSA) is 58.7 Å². The molecule has 2 aliphatic rings. The second-order valence-electron chi connectivity index (χ2n) is 2.71. The number of thiol groups is 4. The third-order valence-electron chi connectivity index (χ3n) is 1.64. The van der Waals surface area contributed by atoms with Crippen LogP contribution in [0.5, 0.6) is 0 Å². The van der Waals surface area contributed by atoms with E-state index in [1.54, 1.807) is 10.8 Å². The Balaban J connectivity index is 2.09. The maximum atomic E-state index is 5.54. The molecule has 2 aliphatic heterocycles. The van der Waals surface area contributed by atoms with Gasteiger partial charge in [-0.15, -0.1) is 19.3 Å². The van der Waals surface area contributed by atoms with Gasteiger partial charge >= 0.3 is 0 Å². The Morgan fingerprint density at radius 1 is 0.789 bits per heavy atom. The molecule has 0 unspecified atom stereocenters. The molecule has 19 heavy (non-hydrogen) atoms. The highest BCUT2D eigenvalue weighted by atomic mass is 33.8. The van der Waals surface area contributed by atoms with E-state index >= 15 is 0 Å². The minimum Gasteiger partial charge on any atom is -0.416 e. The van der Waals surface area contributed by atoms with Crippen LogP contribution in [0.3, 0.4) is 0 Å². The number of hydrogen-bond donors (Lipinski definition) is 4. The molecule has 0 spiro atoms. The summed E-state index contributed by atoms with van der Waals surface area (Å²) in [6.07, 6.45) is 0. The van der Waals surface area contributed by atoms with E-state index in [0.717, 1.165) is 0 Å². The molecule has 0 saturated heterocycles. The van der Waals surface area contributed by atoms with Gasteiger partial charge in [0.2, 0.25) is 11.8 Å². The highest BCUT2D eigenvalue weighted by Crippen LogP contribution is 2.78. The van der Waals surface area contributed by atoms with Crippen molar-refractivity contribution in [3.63, 3.8) is 0 Å². The third kappa shape index (κ3) is 4.04. The molecular weight excluding hydrogens is 441 g/mol. The van der Waals surface area contributed by atoms with Crippen LogP contribution in [0, 0.1) is 0 Å². The lowest BCUT2D eigenvalue weighted by atomic mass is 10.8. The fourth-order valence-electron chi connectivity index (χ4n) is 0.912. The van der Waals surface area contributed by atoms with Crippen molar-refractivity contribution in [2.45, 2.75) is 0 Å². The Morgan fingerprint density at radius 3 is 1.42 bits per heavy atom. The summed E-state index contributed by atoms with van der Waals surface area (Å²) in [7, 11) is 2.05. The minimum absolute atomic E-state index is 0.381. The van der Waals surface area contributed by atoms with Crippen molar-refractivity contribution in [2.24, 2.45) is 19.3 Å². The van der Waals surface area contributed by atoms with Crippen molar-refractivity contribution in [1.82, 2.24) is 0 Å². The van der Waals surface area contributed by atoms with Gasteiger partial charge in [-0.25, -0.2) is 0 Å². The Hall–Kier alpha value is 1.98. The van der Waals surface area contributed by atoms with Gasteiger partial charge in [-0.05, 0) is 39.3 Å². The van der Waals surface area contributed by atoms with Crippen molar-refractivity contribution >= 4 is 103 Å². The van der Waals surface area contributed by atoms with Crippen LogP contribution in [0.25, 0.3) is 0 Å². The highest BCUT2D eigenvalue weighted by Gasteiger charge is 2.31. The molecule has 15 heteroatoms. The van der Waals surface area contributed by atoms with Crippen LogP contribution < -0.4 is 0 Å². The molecule has 0 aliphatic carbocycles. The standard InChI is InChI=1S/C4H6N4OS10/c10-14-18(15-11)1-3(5-7-18)9-4-2-19(16-12,17-13)8-6-4/h1-2,10-13H. The van der Waals surface area contributed by atoms with Gasteiger partial charge in [0.25, 0.3) is 0 Å².